The van der Waals surface area contributed by atoms with Crippen LogP contribution in [-0.2, 0) is 4.79 Å². The van der Waals surface area contributed by atoms with Gasteiger partial charge in [-0.3, -0.25) is 4.79 Å². The van der Waals surface area contributed by atoms with Gasteiger partial charge in [0.25, 0.3) is 0 Å². The summed E-state index contributed by atoms with van der Waals surface area (Å²) in [5.41, 5.74) is 2.30. The van der Waals surface area contributed by atoms with Gasteiger partial charge in [0.2, 0.25) is 5.91 Å². The predicted molar refractivity (Wildman–Crippen MR) is 83.9 cm³/mol. The second-order valence-corrected chi connectivity index (χ2v) is 6.10. The van der Waals surface area contributed by atoms with Gasteiger partial charge >= 0.3 is 0 Å². The fourth-order valence-corrected chi connectivity index (χ4v) is 4.10. The Labute approximate surface area is 125 Å². The van der Waals surface area contributed by atoms with Gasteiger partial charge in [0.15, 0.2) is 0 Å². The lowest BCUT2D eigenvalue weighted by Crippen LogP contribution is -2.30. The van der Waals surface area contributed by atoms with Crippen molar-refractivity contribution in [2.75, 3.05) is 4.90 Å². The molecule has 2 aromatic rings. The Morgan fingerprint density at radius 2 is 1.52 bits per heavy atom. The molecular weight excluding hydrogens is 258 g/mol. The number of fused-ring (bicyclic) bond motifs is 1. The number of carbonyl (C=O) groups excluding carboxylic acids is 1. The van der Waals surface area contributed by atoms with Crippen molar-refractivity contribution in [3.63, 3.8) is 0 Å². The first-order valence-electron chi connectivity index (χ1n) is 7.79. The molecule has 2 fully saturated rings. The van der Waals surface area contributed by atoms with E-state index in [1.165, 1.54) is 18.4 Å². The van der Waals surface area contributed by atoms with Gasteiger partial charge in [0.05, 0.1) is 6.04 Å². The molecule has 2 aromatic carbocycles. The van der Waals surface area contributed by atoms with E-state index >= 15 is 0 Å². The van der Waals surface area contributed by atoms with Crippen LogP contribution in [0.25, 0.3) is 0 Å². The number of anilines is 1. The second kappa shape index (κ2) is 5.03. The number of rotatable bonds is 2. The van der Waals surface area contributed by atoms with Crippen LogP contribution in [0, 0.1) is 11.8 Å². The van der Waals surface area contributed by atoms with Crippen LogP contribution >= 0.6 is 0 Å². The van der Waals surface area contributed by atoms with Gasteiger partial charge in [-0.15, -0.1) is 0 Å². The van der Waals surface area contributed by atoms with E-state index in [4.69, 9.17) is 0 Å². The van der Waals surface area contributed by atoms with Crippen molar-refractivity contribution in [1.29, 1.82) is 0 Å². The molecule has 0 bridgehead atoms. The molecule has 1 amide bonds. The fraction of sp³-hybridized carbons (Fsp3) is 0.316. The summed E-state index contributed by atoms with van der Waals surface area (Å²) in [5, 5.41) is 0. The molecule has 3 atom stereocenters. The van der Waals surface area contributed by atoms with E-state index < -0.39 is 0 Å². The Morgan fingerprint density at radius 3 is 2.24 bits per heavy atom. The SMILES string of the molecule is O=C1C2CCCC2C(c2ccccc2)N1c1ccccc1. The second-order valence-electron chi connectivity index (χ2n) is 6.10. The Morgan fingerprint density at radius 1 is 0.857 bits per heavy atom. The first kappa shape index (κ1) is 12.6. The third-order valence-electron chi connectivity index (χ3n) is 4.98. The minimum atomic E-state index is 0.202. The highest BCUT2D eigenvalue weighted by Gasteiger charge is 2.50. The quantitative estimate of drug-likeness (QED) is 0.806. The summed E-state index contributed by atoms with van der Waals surface area (Å²) in [6.45, 7) is 0. The van der Waals surface area contributed by atoms with Crippen LogP contribution in [0.3, 0.4) is 0 Å². The zero-order valence-corrected chi connectivity index (χ0v) is 12.0. The lowest BCUT2D eigenvalue weighted by Gasteiger charge is -2.28. The summed E-state index contributed by atoms with van der Waals surface area (Å²) in [7, 11) is 0. The Kier molecular flexibility index (Phi) is 3.03. The van der Waals surface area contributed by atoms with E-state index in [1.807, 2.05) is 29.2 Å². The van der Waals surface area contributed by atoms with Crippen molar-refractivity contribution < 1.29 is 4.79 Å². The molecule has 1 saturated carbocycles. The number of carbonyl (C=O) groups is 1. The monoisotopic (exact) mass is 277 g/mol. The summed E-state index contributed by atoms with van der Waals surface area (Å²) >= 11 is 0. The maximum atomic E-state index is 12.9. The average Bonchev–Trinajstić information content (AvgIpc) is 3.11. The summed E-state index contributed by atoms with van der Waals surface area (Å²) in [6, 6.07) is 20.8. The third-order valence-corrected chi connectivity index (χ3v) is 4.98. The predicted octanol–water partition coefficient (Wildman–Crippen LogP) is 4.19. The van der Waals surface area contributed by atoms with Gasteiger partial charge < -0.3 is 4.90 Å². The van der Waals surface area contributed by atoms with Gasteiger partial charge in [-0.1, -0.05) is 55.0 Å². The van der Waals surface area contributed by atoms with Crippen LogP contribution < -0.4 is 4.90 Å². The number of hydrogen-bond donors (Lipinski definition) is 0. The number of nitrogens with zero attached hydrogens (tertiary/aromatic N) is 1. The van der Waals surface area contributed by atoms with Crippen molar-refractivity contribution in [2.24, 2.45) is 11.8 Å². The molecule has 2 nitrogen and oxygen atoms in total. The first-order valence-corrected chi connectivity index (χ1v) is 7.79. The molecule has 2 heteroatoms. The maximum Gasteiger partial charge on any atom is 0.231 e. The van der Waals surface area contributed by atoms with E-state index in [-0.39, 0.29) is 12.0 Å². The fourth-order valence-electron chi connectivity index (χ4n) is 4.10. The third kappa shape index (κ3) is 1.98. The molecule has 2 aliphatic rings. The number of para-hydroxylation sites is 1. The smallest absolute Gasteiger partial charge is 0.231 e. The minimum Gasteiger partial charge on any atom is -0.304 e. The average molecular weight is 277 g/mol. The number of amides is 1. The van der Waals surface area contributed by atoms with Gasteiger partial charge in [0.1, 0.15) is 0 Å². The van der Waals surface area contributed by atoms with Crippen LogP contribution in [0.15, 0.2) is 60.7 Å². The molecule has 1 aliphatic heterocycles. The van der Waals surface area contributed by atoms with Crippen LogP contribution in [0.2, 0.25) is 0 Å². The standard InChI is InChI=1S/C19H19NO/c21-19-17-13-7-12-16(17)18(14-8-3-1-4-9-14)20(19)15-10-5-2-6-11-15/h1-6,8-11,16-18H,7,12-13H2. The normalized spacial score (nSPS) is 27.9. The minimum absolute atomic E-state index is 0.202. The molecule has 0 N–H and O–H groups in total. The highest BCUT2D eigenvalue weighted by atomic mass is 16.2. The van der Waals surface area contributed by atoms with Gasteiger partial charge in [-0.05, 0) is 36.5 Å². The van der Waals surface area contributed by atoms with Crippen LogP contribution in [-0.4, -0.2) is 5.91 Å². The first-order chi connectivity index (χ1) is 10.4. The molecule has 0 spiro atoms. The van der Waals surface area contributed by atoms with Crippen LogP contribution in [0.1, 0.15) is 30.9 Å². The number of benzene rings is 2. The van der Waals surface area contributed by atoms with E-state index in [2.05, 4.69) is 36.4 Å². The topological polar surface area (TPSA) is 20.3 Å². The Bertz CT molecular complexity index is 637. The van der Waals surface area contributed by atoms with E-state index in [1.54, 1.807) is 0 Å². The summed E-state index contributed by atoms with van der Waals surface area (Å²) in [4.78, 5) is 14.9. The lowest BCUT2D eigenvalue weighted by molar-refractivity contribution is -0.120. The summed E-state index contributed by atoms with van der Waals surface area (Å²) < 4.78 is 0. The lowest BCUT2D eigenvalue weighted by atomic mass is 9.89. The van der Waals surface area contributed by atoms with Gasteiger partial charge in [-0.2, -0.15) is 0 Å². The maximum absolute atomic E-state index is 12.9. The summed E-state index contributed by atoms with van der Waals surface area (Å²) in [5.74, 6) is 1.01. The molecule has 0 radical (unpaired) electrons. The molecule has 1 aliphatic carbocycles. The van der Waals surface area contributed by atoms with Gasteiger partial charge in [-0.25, -0.2) is 0 Å². The van der Waals surface area contributed by atoms with Crippen molar-refractivity contribution in [2.45, 2.75) is 25.3 Å². The molecule has 21 heavy (non-hydrogen) atoms. The highest BCUT2D eigenvalue weighted by Crippen LogP contribution is 2.51. The van der Waals surface area contributed by atoms with Crippen LogP contribution in [0.4, 0.5) is 5.69 Å². The van der Waals surface area contributed by atoms with E-state index in [0.717, 1.165) is 12.1 Å². The Hall–Kier alpha value is -2.09. The van der Waals surface area contributed by atoms with E-state index in [0.29, 0.717) is 11.8 Å². The van der Waals surface area contributed by atoms with Gasteiger partial charge in [0, 0.05) is 11.6 Å². The molecule has 4 rings (SSSR count). The van der Waals surface area contributed by atoms with Crippen molar-refractivity contribution in [3.8, 4) is 0 Å². The zero-order valence-electron chi connectivity index (χ0n) is 12.0. The molecule has 1 saturated heterocycles. The molecular formula is C19H19NO. The van der Waals surface area contributed by atoms with Crippen LogP contribution in [0.5, 0.6) is 0 Å². The summed E-state index contributed by atoms with van der Waals surface area (Å²) in [6.07, 6.45) is 3.41. The largest absolute Gasteiger partial charge is 0.304 e. The van der Waals surface area contributed by atoms with Crippen molar-refractivity contribution in [1.82, 2.24) is 0 Å². The van der Waals surface area contributed by atoms with E-state index in [9.17, 15) is 4.79 Å². The molecule has 1 heterocycles. The number of hydrogen-bond acceptors (Lipinski definition) is 1. The molecule has 106 valence electrons. The molecule has 3 unspecified atom stereocenters. The van der Waals surface area contributed by atoms with Crippen molar-refractivity contribution >= 4 is 11.6 Å². The zero-order chi connectivity index (χ0) is 14.2. The molecule has 0 aromatic heterocycles. The Balaban J connectivity index is 1.81. The highest BCUT2D eigenvalue weighted by molar-refractivity contribution is 5.98. The van der Waals surface area contributed by atoms with Crippen molar-refractivity contribution in [3.05, 3.63) is 66.2 Å².